The highest BCUT2D eigenvalue weighted by atomic mass is 35.5. The quantitative estimate of drug-likeness (QED) is 0.272. The fraction of sp³-hybridized carbons (Fsp3) is 0.0769. The second-order valence-electron chi connectivity index (χ2n) is 7.59. The molecule has 0 aliphatic rings. The molecule has 170 valence electrons. The van der Waals surface area contributed by atoms with E-state index in [0.717, 1.165) is 11.1 Å². The molecule has 34 heavy (non-hydrogen) atoms. The van der Waals surface area contributed by atoms with Crippen LogP contribution < -0.4 is 0 Å². The fourth-order valence-electron chi connectivity index (χ4n) is 3.24. The molecule has 4 aromatic carbocycles. The average molecular weight is 491 g/mol. The van der Waals surface area contributed by atoms with E-state index < -0.39 is 0 Å². The van der Waals surface area contributed by atoms with E-state index >= 15 is 0 Å². The molecule has 0 aliphatic carbocycles. The van der Waals surface area contributed by atoms with E-state index in [1.165, 1.54) is 0 Å². The van der Waals surface area contributed by atoms with Crippen LogP contribution in [0.2, 0.25) is 10.0 Å². The molecule has 0 spiro atoms. The summed E-state index contributed by atoms with van der Waals surface area (Å²) in [5, 5.41) is 37.5. The fourth-order valence-corrected chi connectivity index (χ4v) is 3.67. The second-order valence-corrected chi connectivity index (χ2v) is 8.41. The Morgan fingerprint density at radius 1 is 0.647 bits per heavy atom. The van der Waals surface area contributed by atoms with E-state index in [1.54, 1.807) is 68.4 Å². The third-order valence-electron chi connectivity index (χ3n) is 5.23. The standard InChI is InChI=1S/C26H20Cl2N4O2/c1-15-13-18(10-12-24(15)33)29-31-23-11-9-17(14-21(23)28)19-5-3-6-20(27)26(19)32-30-22-7-4-8-25(34)16(22)2/h3-14,33-34H,1-2H3. The van der Waals surface area contributed by atoms with Crippen LogP contribution >= 0.6 is 23.2 Å². The topological polar surface area (TPSA) is 89.9 Å². The molecule has 0 unspecified atom stereocenters. The van der Waals surface area contributed by atoms with Crippen LogP contribution in [0.25, 0.3) is 11.1 Å². The van der Waals surface area contributed by atoms with Crippen LogP contribution in [-0.2, 0) is 0 Å². The molecule has 0 bridgehead atoms. The lowest BCUT2D eigenvalue weighted by Gasteiger charge is -2.09. The van der Waals surface area contributed by atoms with Crippen molar-refractivity contribution >= 4 is 46.0 Å². The number of aryl methyl sites for hydroxylation is 1. The van der Waals surface area contributed by atoms with Crippen LogP contribution in [0.4, 0.5) is 22.7 Å². The Hall–Kier alpha value is -3.74. The molecule has 0 saturated carbocycles. The summed E-state index contributed by atoms with van der Waals surface area (Å²) in [7, 11) is 0. The summed E-state index contributed by atoms with van der Waals surface area (Å²) in [6.45, 7) is 3.56. The summed E-state index contributed by atoms with van der Waals surface area (Å²) in [4.78, 5) is 0. The molecule has 0 aromatic heterocycles. The zero-order valence-corrected chi connectivity index (χ0v) is 19.9. The smallest absolute Gasteiger partial charge is 0.120 e. The summed E-state index contributed by atoms with van der Waals surface area (Å²) < 4.78 is 0. The van der Waals surface area contributed by atoms with Crippen LogP contribution in [0.1, 0.15) is 11.1 Å². The first-order chi connectivity index (χ1) is 16.3. The lowest BCUT2D eigenvalue weighted by Crippen LogP contribution is -1.81. The summed E-state index contributed by atoms with van der Waals surface area (Å²) in [5.74, 6) is 0.352. The molecule has 8 heteroatoms. The highest BCUT2D eigenvalue weighted by Crippen LogP contribution is 2.40. The first kappa shape index (κ1) is 23.4. The Morgan fingerprint density at radius 3 is 2.18 bits per heavy atom. The number of nitrogens with zero attached hydrogens (tertiary/aromatic N) is 4. The van der Waals surface area contributed by atoms with Gasteiger partial charge in [-0.15, -0.1) is 10.2 Å². The van der Waals surface area contributed by atoms with Crippen LogP contribution in [0.5, 0.6) is 11.5 Å². The number of rotatable bonds is 5. The van der Waals surface area contributed by atoms with Crippen molar-refractivity contribution in [1.29, 1.82) is 0 Å². The van der Waals surface area contributed by atoms with Gasteiger partial charge in [-0.25, -0.2) is 0 Å². The van der Waals surface area contributed by atoms with Crippen molar-refractivity contribution in [3.63, 3.8) is 0 Å². The third-order valence-corrected chi connectivity index (χ3v) is 5.84. The zero-order chi connectivity index (χ0) is 24.2. The molecule has 0 fully saturated rings. The maximum Gasteiger partial charge on any atom is 0.120 e. The van der Waals surface area contributed by atoms with Crippen LogP contribution in [-0.4, -0.2) is 10.2 Å². The summed E-state index contributed by atoms with van der Waals surface area (Å²) in [6.07, 6.45) is 0. The molecule has 0 atom stereocenters. The van der Waals surface area contributed by atoms with Gasteiger partial charge in [-0.1, -0.05) is 47.5 Å². The van der Waals surface area contributed by atoms with E-state index in [-0.39, 0.29) is 11.5 Å². The van der Waals surface area contributed by atoms with Crippen LogP contribution in [0, 0.1) is 13.8 Å². The number of phenols is 2. The monoisotopic (exact) mass is 490 g/mol. The van der Waals surface area contributed by atoms with E-state index in [2.05, 4.69) is 20.5 Å². The van der Waals surface area contributed by atoms with E-state index in [0.29, 0.717) is 43.9 Å². The molecular weight excluding hydrogens is 471 g/mol. The van der Waals surface area contributed by atoms with Gasteiger partial charge < -0.3 is 10.2 Å². The van der Waals surface area contributed by atoms with Gasteiger partial charge in [0.2, 0.25) is 0 Å². The zero-order valence-electron chi connectivity index (χ0n) is 18.4. The van der Waals surface area contributed by atoms with Crippen molar-refractivity contribution in [3.05, 3.63) is 94.0 Å². The predicted octanol–water partition coefficient (Wildman–Crippen LogP) is 9.52. The Kier molecular flexibility index (Phi) is 6.91. The number of phenolic OH excluding ortho intramolecular Hbond substituents is 2. The van der Waals surface area contributed by atoms with Crippen molar-refractivity contribution in [2.75, 3.05) is 0 Å². The largest absolute Gasteiger partial charge is 0.508 e. The third kappa shape index (κ3) is 5.09. The first-order valence-corrected chi connectivity index (χ1v) is 11.1. The second kappa shape index (κ2) is 10.0. The Morgan fingerprint density at radius 2 is 1.41 bits per heavy atom. The minimum Gasteiger partial charge on any atom is -0.508 e. The van der Waals surface area contributed by atoms with Gasteiger partial charge in [-0.3, -0.25) is 0 Å². The molecule has 0 amide bonds. The molecular formula is C26H20Cl2N4O2. The molecule has 2 N–H and O–H groups in total. The molecule has 0 saturated heterocycles. The van der Waals surface area contributed by atoms with E-state index in [4.69, 9.17) is 23.2 Å². The lowest BCUT2D eigenvalue weighted by molar-refractivity contribution is 0.471. The molecule has 6 nitrogen and oxygen atoms in total. The van der Waals surface area contributed by atoms with Crippen molar-refractivity contribution in [2.24, 2.45) is 20.5 Å². The van der Waals surface area contributed by atoms with Crippen LogP contribution in [0.15, 0.2) is 93.3 Å². The molecule has 4 rings (SSSR count). The highest BCUT2D eigenvalue weighted by Gasteiger charge is 2.12. The first-order valence-electron chi connectivity index (χ1n) is 10.3. The Balaban J connectivity index is 1.66. The number of halogens is 2. The molecule has 0 heterocycles. The van der Waals surface area contributed by atoms with Gasteiger partial charge in [0.25, 0.3) is 0 Å². The summed E-state index contributed by atoms with van der Waals surface area (Å²) in [6, 6.07) is 20.9. The van der Waals surface area contributed by atoms with Gasteiger partial charge >= 0.3 is 0 Å². The maximum absolute atomic E-state index is 9.91. The highest BCUT2D eigenvalue weighted by molar-refractivity contribution is 6.34. The Labute approximate surface area is 206 Å². The molecule has 0 radical (unpaired) electrons. The normalized spacial score (nSPS) is 11.5. The van der Waals surface area contributed by atoms with Gasteiger partial charge in [0, 0.05) is 11.1 Å². The number of hydrogen-bond acceptors (Lipinski definition) is 6. The Bertz CT molecular complexity index is 1430. The van der Waals surface area contributed by atoms with Crippen molar-refractivity contribution in [3.8, 4) is 22.6 Å². The minimum atomic E-state index is 0.148. The minimum absolute atomic E-state index is 0.148. The molecule has 4 aromatic rings. The summed E-state index contributed by atoms with van der Waals surface area (Å²) >= 11 is 12.9. The lowest BCUT2D eigenvalue weighted by atomic mass is 10.0. The molecule has 0 aliphatic heterocycles. The number of hydrogen-bond donors (Lipinski definition) is 2. The van der Waals surface area contributed by atoms with Crippen molar-refractivity contribution in [2.45, 2.75) is 13.8 Å². The number of azo groups is 2. The average Bonchev–Trinajstić information content (AvgIpc) is 2.82. The SMILES string of the molecule is Cc1cc(N=Nc2ccc(-c3cccc(Cl)c3N=Nc3cccc(O)c3C)cc2Cl)ccc1O. The van der Waals surface area contributed by atoms with E-state index in [1.807, 2.05) is 18.2 Å². The summed E-state index contributed by atoms with van der Waals surface area (Å²) in [5.41, 5.74) is 5.00. The van der Waals surface area contributed by atoms with Crippen molar-refractivity contribution in [1.82, 2.24) is 0 Å². The number of aromatic hydroxyl groups is 2. The van der Waals surface area contributed by atoms with Gasteiger partial charge in [0.15, 0.2) is 0 Å². The van der Waals surface area contributed by atoms with Gasteiger partial charge in [0.05, 0.1) is 21.4 Å². The van der Waals surface area contributed by atoms with Gasteiger partial charge in [-0.05, 0) is 73.5 Å². The maximum atomic E-state index is 9.91. The van der Waals surface area contributed by atoms with E-state index in [9.17, 15) is 10.2 Å². The predicted molar refractivity (Wildman–Crippen MR) is 136 cm³/mol. The van der Waals surface area contributed by atoms with Gasteiger partial charge in [-0.2, -0.15) is 10.2 Å². The number of benzene rings is 4. The van der Waals surface area contributed by atoms with Crippen molar-refractivity contribution < 1.29 is 10.2 Å². The van der Waals surface area contributed by atoms with Crippen LogP contribution in [0.3, 0.4) is 0 Å². The van der Waals surface area contributed by atoms with Gasteiger partial charge in [0.1, 0.15) is 22.9 Å².